The minimum absolute atomic E-state index is 0.00352. The highest BCUT2D eigenvalue weighted by Crippen LogP contribution is 2.28. The van der Waals surface area contributed by atoms with Gasteiger partial charge >= 0.3 is 0 Å². The molecule has 0 aromatic carbocycles. The molecule has 0 amide bonds. The first-order valence-electron chi connectivity index (χ1n) is 3.88. The fourth-order valence-electron chi connectivity index (χ4n) is 1.52. The van der Waals surface area contributed by atoms with Crippen LogP contribution in [0.1, 0.15) is 33.1 Å². The summed E-state index contributed by atoms with van der Waals surface area (Å²) in [5, 5.41) is 9.20. The molecule has 1 saturated carbocycles. The third-order valence-corrected chi connectivity index (χ3v) is 2.57. The van der Waals surface area contributed by atoms with E-state index in [1.807, 2.05) is 0 Å². The van der Waals surface area contributed by atoms with E-state index in [-0.39, 0.29) is 6.10 Å². The number of aliphatic hydroxyl groups is 1. The van der Waals surface area contributed by atoms with Crippen molar-refractivity contribution in [3.8, 4) is 0 Å². The Kier molecular flexibility index (Phi) is 2.12. The van der Waals surface area contributed by atoms with E-state index in [1.54, 1.807) is 0 Å². The van der Waals surface area contributed by atoms with Crippen molar-refractivity contribution in [1.29, 1.82) is 0 Å². The highest BCUT2D eigenvalue weighted by atomic mass is 16.3. The van der Waals surface area contributed by atoms with E-state index in [4.69, 9.17) is 0 Å². The van der Waals surface area contributed by atoms with Crippen LogP contribution in [0.25, 0.3) is 0 Å². The Labute approximate surface area is 57.1 Å². The van der Waals surface area contributed by atoms with Gasteiger partial charge in [-0.15, -0.1) is 0 Å². The van der Waals surface area contributed by atoms with Gasteiger partial charge in [0.15, 0.2) is 0 Å². The average Bonchev–Trinajstić information content (AvgIpc) is 1.80. The Hall–Kier alpha value is -0.0400. The lowest BCUT2D eigenvalue weighted by Gasteiger charge is -2.28. The largest absolute Gasteiger partial charge is 0.393 e. The molecule has 1 fully saturated rings. The van der Waals surface area contributed by atoms with Crippen LogP contribution in [0.15, 0.2) is 0 Å². The van der Waals surface area contributed by atoms with E-state index >= 15 is 0 Å². The molecule has 3 atom stereocenters. The van der Waals surface area contributed by atoms with Crippen LogP contribution >= 0.6 is 0 Å². The highest BCUT2D eigenvalue weighted by Gasteiger charge is 2.22. The first-order valence-corrected chi connectivity index (χ1v) is 3.88. The van der Waals surface area contributed by atoms with Crippen molar-refractivity contribution >= 4 is 0 Å². The lowest BCUT2D eigenvalue weighted by molar-refractivity contribution is 0.0807. The van der Waals surface area contributed by atoms with Gasteiger partial charge in [-0.3, -0.25) is 0 Å². The monoisotopic (exact) mass is 128 g/mol. The first kappa shape index (κ1) is 7.07. The van der Waals surface area contributed by atoms with Crippen LogP contribution in [0.5, 0.6) is 0 Å². The molecular formula is C8H16O. The fourth-order valence-corrected chi connectivity index (χ4v) is 1.52. The summed E-state index contributed by atoms with van der Waals surface area (Å²) in [4.78, 5) is 0. The molecule has 0 aliphatic heterocycles. The molecule has 1 rings (SSSR count). The van der Waals surface area contributed by atoms with Crippen molar-refractivity contribution in [2.45, 2.75) is 39.2 Å². The van der Waals surface area contributed by atoms with Crippen LogP contribution in [0.4, 0.5) is 0 Å². The Balaban J connectivity index is 2.35. The third-order valence-electron chi connectivity index (χ3n) is 2.57. The van der Waals surface area contributed by atoms with Crippen molar-refractivity contribution in [1.82, 2.24) is 0 Å². The topological polar surface area (TPSA) is 20.2 Å². The summed E-state index contributed by atoms with van der Waals surface area (Å²) < 4.78 is 0. The minimum atomic E-state index is -0.00352. The molecule has 2 unspecified atom stereocenters. The molecule has 9 heavy (non-hydrogen) atoms. The molecule has 0 heterocycles. The van der Waals surface area contributed by atoms with E-state index in [9.17, 15) is 5.11 Å². The van der Waals surface area contributed by atoms with Crippen LogP contribution < -0.4 is 0 Å². The minimum Gasteiger partial charge on any atom is -0.393 e. The summed E-state index contributed by atoms with van der Waals surface area (Å²) in [7, 11) is 0. The number of aliphatic hydroxyl groups excluding tert-OH is 1. The van der Waals surface area contributed by atoms with E-state index in [2.05, 4.69) is 13.8 Å². The van der Waals surface area contributed by atoms with Crippen molar-refractivity contribution in [3.63, 3.8) is 0 Å². The Morgan fingerprint density at radius 3 is 2.22 bits per heavy atom. The molecule has 0 radical (unpaired) electrons. The Morgan fingerprint density at radius 1 is 1.11 bits per heavy atom. The molecular weight excluding hydrogens is 112 g/mol. The van der Waals surface area contributed by atoms with Gasteiger partial charge < -0.3 is 5.11 Å². The molecule has 0 bridgehead atoms. The van der Waals surface area contributed by atoms with Crippen LogP contribution in [0.2, 0.25) is 0 Å². The predicted octanol–water partition coefficient (Wildman–Crippen LogP) is 1.80. The second-order valence-electron chi connectivity index (χ2n) is 3.42. The van der Waals surface area contributed by atoms with E-state index < -0.39 is 0 Å². The highest BCUT2D eigenvalue weighted by molar-refractivity contribution is 4.73. The molecule has 0 aromatic heterocycles. The maximum Gasteiger partial charge on any atom is 0.0543 e. The second-order valence-corrected chi connectivity index (χ2v) is 3.42. The van der Waals surface area contributed by atoms with Gasteiger partial charge in [-0.25, -0.2) is 0 Å². The van der Waals surface area contributed by atoms with Crippen molar-refractivity contribution in [2.24, 2.45) is 11.8 Å². The standard InChI is InChI=1S/C8H16O/c1-6-3-4-8(9)5-7(6)2/h6-9H,3-5H2,1-2H3/t6?,7?,8-/m0/s1. The first-order chi connectivity index (χ1) is 4.20. The average molecular weight is 128 g/mol. The van der Waals surface area contributed by atoms with Gasteiger partial charge in [0.1, 0.15) is 0 Å². The summed E-state index contributed by atoms with van der Waals surface area (Å²) in [6.07, 6.45) is 3.24. The molecule has 0 saturated heterocycles. The predicted molar refractivity (Wildman–Crippen MR) is 38.2 cm³/mol. The summed E-state index contributed by atoms with van der Waals surface area (Å²) in [6, 6.07) is 0. The number of hydrogen-bond acceptors (Lipinski definition) is 1. The third kappa shape index (κ3) is 1.68. The fraction of sp³-hybridized carbons (Fsp3) is 1.00. The smallest absolute Gasteiger partial charge is 0.0543 e. The summed E-state index contributed by atoms with van der Waals surface area (Å²) in [5.41, 5.74) is 0. The quantitative estimate of drug-likeness (QED) is 0.527. The van der Waals surface area contributed by atoms with Gasteiger partial charge in [-0.1, -0.05) is 13.8 Å². The maximum absolute atomic E-state index is 9.20. The lowest BCUT2D eigenvalue weighted by Crippen LogP contribution is -2.23. The molecule has 1 N–H and O–H groups in total. The van der Waals surface area contributed by atoms with Gasteiger partial charge in [-0.2, -0.15) is 0 Å². The molecule has 1 aliphatic carbocycles. The summed E-state index contributed by atoms with van der Waals surface area (Å²) in [5.74, 6) is 1.56. The number of rotatable bonds is 0. The lowest BCUT2D eigenvalue weighted by atomic mass is 9.80. The number of hydrogen-bond donors (Lipinski definition) is 1. The normalized spacial score (nSPS) is 45.0. The van der Waals surface area contributed by atoms with E-state index in [1.165, 1.54) is 6.42 Å². The molecule has 1 aliphatic rings. The van der Waals surface area contributed by atoms with Gasteiger partial charge in [-0.05, 0) is 31.1 Å². The Bertz CT molecular complexity index is 90.6. The zero-order valence-corrected chi connectivity index (χ0v) is 6.30. The molecule has 1 heteroatoms. The molecule has 1 nitrogen and oxygen atoms in total. The summed E-state index contributed by atoms with van der Waals surface area (Å²) in [6.45, 7) is 4.50. The SMILES string of the molecule is CC1CC[C@H](O)CC1C. The zero-order chi connectivity index (χ0) is 6.85. The van der Waals surface area contributed by atoms with Crippen LogP contribution in [-0.2, 0) is 0 Å². The zero-order valence-electron chi connectivity index (χ0n) is 6.30. The van der Waals surface area contributed by atoms with Gasteiger partial charge in [0.05, 0.1) is 6.10 Å². The van der Waals surface area contributed by atoms with Crippen molar-refractivity contribution in [3.05, 3.63) is 0 Å². The van der Waals surface area contributed by atoms with Crippen LogP contribution in [-0.4, -0.2) is 11.2 Å². The van der Waals surface area contributed by atoms with Crippen LogP contribution in [0.3, 0.4) is 0 Å². The van der Waals surface area contributed by atoms with Crippen LogP contribution in [0, 0.1) is 11.8 Å². The van der Waals surface area contributed by atoms with Crippen molar-refractivity contribution in [2.75, 3.05) is 0 Å². The van der Waals surface area contributed by atoms with Crippen molar-refractivity contribution < 1.29 is 5.11 Å². The second kappa shape index (κ2) is 2.70. The molecule has 0 spiro atoms. The van der Waals surface area contributed by atoms with E-state index in [0.717, 1.165) is 24.7 Å². The molecule has 54 valence electrons. The van der Waals surface area contributed by atoms with E-state index in [0.29, 0.717) is 0 Å². The maximum atomic E-state index is 9.20. The summed E-state index contributed by atoms with van der Waals surface area (Å²) >= 11 is 0. The Morgan fingerprint density at radius 2 is 1.78 bits per heavy atom. The van der Waals surface area contributed by atoms with Gasteiger partial charge in [0.2, 0.25) is 0 Å². The van der Waals surface area contributed by atoms with Gasteiger partial charge in [0, 0.05) is 0 Å². The van der Waals surface area contributed by atoms with Gasteiger partial charge in [0.25, 0.3) is 0 Å². The molecule has 0 aromatic rings.